The molecular formula is C23H30N4O3. The van der Waals surface area contributed by atoms with E-state index in [0.717, 1.165) is 37.3 Å². The van der Waals surface area contributed by atoms with Crippen LogP contribution >= 0.6 is 0 Å². The molecule has 0 radical (unpaired) electrons. The fraction of sp³-hybridized carbons (Fsp3) is 0.609. The second kappa shape index (κ2) is 7.38. The minimum absolute atomic E-state index is 0.0313. The SMILES string of the molecule is COCc1nc2n(n1)C[C@H](NC(=O)[C@@H]1C[C@]13CCOc1ccc(C(C)C)cc13)CC2. The van der Waals surface area contributed by atoms with E-state index in [1.807, 2.05) is 4.68 Å². The zero-order valence-corrected chi connectivity index (χ0v) is 18.0. The first-order chi connectivity index (χ1) is 14.5. The first-order valence-electron chi connectivity index (χ1n) is 11.0. The standard InChI is InChI=1S/C23H30N4O3/c1-14(2)15-4-6-19-17(10-15)23(8-9-30-19)11-18(23)22(28)24-16-5-7-21-25-20(13-29-3)26-27(21)12-16/h4,6,10,14,16,18H,5,7-9,11-13H2,1-3H3,(H,24,28)/t16-,18+,23+/m1/s1. The van der Waals surface area contributed by atoms with Crippen LogP contribution in [-0.2, 0) is 34.5 Å². The number of nitrogens with zero attached hydrogens (tertiary/aromatic N) is 3. The lowest BCUT2D eigenvalue weighted by Crippen LogP contribution is -2.43. The fourth-order valence-corrected chi connectivity index (χ4v) is 5.09. The topological polar surface area (TPSA) is 78.3 Å². The van der Waals surface area contributed by atoms with Gasteiger partial charge >= 0.3 is 0 Å². The van der Waals surface area contributed by atoms with Crippen molar-refractivity contribution in [1.82, 2.24) is 20.1 Å². The molecule has 3 heterocycles. The number of benzene rings is 1. The van der Waals surface area contributed by atoms with Crippen LogP contribution in [-0.4, -0.2) is 40.4 Å². The highest BCUT2D eigenvalue weighted by Crippen LogP contribution is 2.61. The predicted octanol–water partition coefficient (Wildman–Crippen LogP) is 2.72. The van der Waals surface area contributed by atoms with E-state index in [1.165, 1.54) is 11.1 Å². The molecule has 7 heteroatoms. The van der Waals surface area contributed by atoms with Crippen LogP contribution < -0.4 is 10.1 Å². The summed E-state index contributed by atoms with van der Waals surface area (Å²) in [4.78, 5) is 17.7. The number of aryl methyl sites for hydroxylation is 1. The van der Waals surface area contributed by atoms with Gasteiger partial charge in [0.05, 0.1) is 13.2 Å². The Hall–Kier alpha value is -2.41. The molecule has 7 nitrogen and oxygen atoms in total. The van der Waals surface area contributed by atoms with E-state index in [1.54, 1.807) is 7.11 Å². The maximum atomic E-state index is 13.2. The molecule has 0 bridgehead atoms. The van der Waals surface area contributed by atoms with Crippen molar-refractivity contribution in [1.29, 1.82) is 0 Å². The van der Waals surface area contributed by atoms with Crippen LogP contribution in [0.5, 0.6) is 5.75 Å². The number of aromatic nitrogens is 3. The smallest absolute Gasteiger partial charge is 0.224 e. The molecule has 30 heavy (non-hydrogen) atoms. The Morgan fingerprint density at radius 3 is 3.10 bits per heavy atom. The van der Waals surface area contributed by atoms with Gasteiger partial charge in [-0.1, -0.05) is 26.0 Å². The van der Waals surface area contributed by atoms with Gasteiger partial charge in [0.2, 0.25) is 5.91 Å². The first-order valence-corrected chi connectivity index (χ1v) is 11.0. The van der Waals surface area contributed by atoms with Crippen molar-refractivity contribution in [2.45, 2.75) is 70.1 Å². The van der Waals surface area contributed by atoms with Gasteiger partial charge in [-0.05, 0) is 36.8 Å². The van der Waals surface area contributed by atoms with Gasteiger partial charge in [-0.25, -0.2) is 9.67 Å². The van der Waals surface area contributed by atoms with Crippen LogP contribution in [0.3, 0.4) is 0 Å². The molecule has 0 unspecified atom stereocenters. The van der Waals surface area contributed by atoms with E-state index >= 15 is 0 Å². The Balaban J connectivity index is 1.29. The molecule has 2 aromatic rings. The zero-order chi connectivity index (χ0) is 20.9. The van der Waals surface area contributed by atoms with Crippen molar-refractivity contribution in [3.05, 3.63) is 41.0 Å². The number of amides is 1. The average Bonchev–Trinajstić information content (AvgIpc) is 3.30. The highest BCUT2D eigenvalue weighted by atomic mass is 16.5. The van der Waals surface area contributed by atoms with E-state index in [2.05, 4.69) is 47.4 Å². The molecule has 160 valence electrons. The number of nitrogens with one attached hydrogen (secondary N) is 1. The molecule has 1 saturated carbocycles. The largest absolute Gasteiger partial charge is 0.493 e. The molecular weight excluding hydrogens is 380 g/mol. The lowest BCUT2D eigenvalue weighted by molar-refractivity contribution is -0.123. The fourth-order valence-electron chi connectivity index (χ4n) is 5.09. The van der Waals surface area contributed by atoms with Gasteiger partial charge in [0, 0.05) is 36.5 Å². The normalized spacial score (nSPS) is 26.8. The van der Waals surface area contributed by atoms with E-state index in [9.17, 15) is 4.79 Å². The Bertz CT molecular complexity index is 969. The third kappa shape index (κ3) is 3.29. The van der Waals surface area contributed by atoms with Crippen LogP contribution in [0, 0.1) is 5.92 Å². The van der Waals surface area contributed by atoms with Crippen molar-refractivity contribution >= 4 is 5.91 Å². The Kier molecular flexibility index (Phi) is 4.81. The van der Waals surface area contributed by atoms with E-state index in [4.69, 9.17) is 9.47 Å². The van der Waals surface area contributed by atoms with Gasteiger partial charge in [-0.3, -0.25) is 4.79 Å². The molecule has 1 aromatic heterocycles. The number of rotatable bonds is 5. The number of ether oxygens (including phenoxy) is 2. The summed E-state index contributed by atoms with van der Waals surface area (Å²) in [5.74, 6) is 3.31. The first kappa shape index (κ1) is 19.5. The van der Waals surface area contributed by atoms with Gasteiger partial charge in [0.1, 0.15) is 18.2 Å². The van der Waals surface area contributed by atoms with Gasteiger partial charge in [-0.15, -0.1) is 0 Å². The predicted molar refractivity (Wildman–Crippen MR) is 111 cm³/mol. The molecule has 3 aliphatic rings. The lowest BCUT2D eigenvalue weighted by Gasteiger charge is -2.29. The summed E-state index contributed by atoms with van der Waals surface area (Å²) in [7, 11) is 1.65. The third-order valence-electron chi connectivity index (χ3n) is 6.93. The van der Waals surface area contributed by atoms with Crippen LogP contribution in [0.15, 0.2) is 18.2 Å². The quantitative estimate of drug-likeness (QED) is 0.820. The number of hydrogen-bond donors (Lipinski definition) is 1. The summed E-state index contributed by atoms with van der Waals surface area (Å²) in [6.07, 6.45) is 3.55. The molecule has 1 aromatic carbocycles. The van der Waals surface area contributed by atoms with E-state index in [-0.39, 0.29) is 23.3 Å². The molecule has 1 amide bonds. The molecule has 3 atom stereocenters. The minimum Gasteiger partial charge on any atom is -0.493 e. The zero-order valence-electron chi connectivity index (χ0n) is 18.0. The maximum Gasteiger partial charge on any atom is 0.224 e. The second-order valence-electron chi connectivity index (χ2n) is 9.23. The number of fused-ring (bicyclic) bond motifs is 3. The molecule has 2 aliphatic heterocycles. The molecule has 1 N–H and O–H groups in total. The van der Waals surface area contributed by atoms with Gasteiger partial charge < -0.3 is 14.8 Å². The third-order valence-corrected chi connectivity index (χ3v) is 6.93. The highest BCUT2D eigenvalue weighted by Gasteiger charge is 2.61. The van der Waals surface area contributed by atoms with Crippen LogP contribution in [0.4, 0.5) is 0 Å². The number of hydrogen-bond acceptors (Lipinski definition) is 5. The van der Waals surface area contributed by atoms with Crippen molar-refractivity contribution in [3.63, 3.8) is 0 Å². The lowest BCUT2D eigenvalue weighted by atomic mass is 9.85. The van der Waals surface area contributed by atoms with Crippen molar-refractivity contribution in [2.75, 3.05) is 13.7 Å². The molecule has 1 aliphatic carbocycles. The Labute approximate surface area is 177 Å². The maximum absolute atomic E-state index is 13.2. The van der Waals surface area contributed by atoms with Gasteiger partial charge in [0.15, 0.2) is 5.82 Å². The van der Waals surface area contributed by atoms with Crippen LogP contribution in [0.2, 0.25) is 0 Å². The van der Waals surface area contributed by atoms with Crippen molar-refractivity contribution < 1.29 is 14.3 Å². The Morgan fingerprint density at radius 1 is 1.43 bits per heavy atom. The summed E-state index contributed by atoms with van der Waals surface area (Å²) in [6, 6.07) is 6.60. The number of carbonyl (C=O) groups excluding carboxylic acids is 1. The summed E-state index contributed by atoms with van der Waals surface area (Å²) in [5.41, 5.74) is 2.48. The summed E-state index contributed by atoms with van der Waals surface area (Å²) in [6.45, 7) is 6.19. The molecule has 1 fully saturated rings. The minimum atomic E-state index is -0.0543. The number of carbonyl (C=O) groups is 1. The van der Waals surface area contributed by atoms with Gasteiger partial charge in [0.25, 0.3) is 0 Å². The summed E-state index contributed by atoms with van der Waals surface area (Å²) in [5, 5.41) is 7.81. The molecule has 1 spiro atoms. The Morgan fingerprint density at radius 2 is 2.30 bits per heavy atom. The summed E-state index contributed by atoms with van der Waals surface area (Å²) < 4.78 is 13.0. The second-order valence-corrected chi connectivity index (χ2v) is 9.23. The van der Waals surface area contributed by atoms with Crippen LogP contribution in [0.25, 0.3) is 0 Å². The van der Waals surface area contributed by atoms with E-state index in [0.29, 0.717) is 31.5 Å². The summed E-state index contributed by atoms with van der Waals surface area (Å²) >= 11 is 0. The highest BCUT2D eigenvalue weighted by molar-refractivity contribution is 5.85. The van der Waals surface area contributed by atoms with E-state index < -0.39 is 0 Å². The monoisotopic (exact) mass is 410 g/mol. The molecule has 5 rings (SSSR count). The molecule has 0 saturated heterocycles. The van der Waals surface area contributed by atoms with Crippen LogP contribution in [0.1, 0.15) is 61.8 Å². The average molecular weight is 411 g/mol. The van der Waals surface area contributed by atoms with Gasteiger partial charge in [-0.2, -0.15) is 5.10 Å². The van der Waals surface area contributed by atoms with Crippen molar-refractivity contribution in [3.8, 4) is 5.75 Å². The number of methoxy groups -OCH3 is 1. The van der Waals surface area contributed by atoms with Crippen molar-refractivity contribution in [2.24, 2.45) is 5.92 Å².